The van der Waals surface area contributed by atoms with Gasteiger partial charge in [-0.25, -0.2) is 4.98 Å². The van der Waals surface area contributed by atoms with Gasteiger partial charge in [0.05, 0.1) is 28.6 Å². The highest BCUT2D eigenvalue weighted by Gasteiger charge is 2.12. The Balaban J connectivity index is 1.44. The Kier molecular flexibility index (Phi) is 6.51. The van der Waals surface area contributed by atoms with Gasteiger partial charge in [0.15, 0.2) is 0 Å². The van der Waals surface area contributed by atoms with Crippen LogP contribution >= 0.6 is 11.6 Å². The number of nitrogens with one attached hydrogen (secondary N) is 2. The van der Waals surface area contributed by atoms with E-state index in [1.54, 1.807) is 54.6 Å². The number of fused-ring (bicyclic) bond motifs is 1. The zero-order chi connectivity index (χ0) is 23.4. The number of amides is 2. The summed E-state index contributed by atoms with van der Waals surface area (Å²) in [6.07, 6.45) is 1.53. The first kappa shape index (κ1) is 22.2. The van der Waals surface area contributed by atoms with Crippen LogP contribution in [0.3, 0.4) is 0 Å². The number of carbonyl (C=O) groups excluding carboxylic acids is 2. The van der Waals surface area contributed by atoms with Gasteiger partial charge in [-0.2, -0.15) is 0 Å². The maximum atomic E-state index is 12.7. The van der Waals surface area contributed by atoms with Crippen molar-refractivity contribution in [3.8, 4) is 0 Å². The van der Waals surface area contributed by atoms with Gasteiger partial charge in [0, 0.05) is 23.6 Å². The Bertz CT molecular complexity index is 1400. The van der Waals surface area contributed by atoms with E-state index in [0.29, 0.717) is 32.9 Å². The molecule has 3 aromatic carbocycles. The number of aryl methyl sites for hydroxylation is 2. The van der Waals surface area contributed by atoms with Gasteiger partial charge in [-0.05, 0) is 55.0 Å². The van der Waals surface area contributed by atoms with Gasteiger partial charge in [-0.15, -0.1) is 0 Å². The minimum atomic E-state index is -0.322. The van der Waals surface area contributed by atoms with E-state index in [1.165, 1.54) is 10.9 Å². The number of anilines is 2. The number of hydrogen-bond donors (Lipinski definition) is 2. The van der Waals surface area contributed by atoms with Crippen LogP contribution < -0.4 is 16.2 Å². The number of halogens is 1. The molecule has 0 aliphatic heterocycles. The van der Waals surface area contributed by atoms with E-state index in [0.717, 1.165) is 5.56 Å². The first-order chi connectivity index (χ1) is 15.9. The number of nitrogens with zero attached hydrogens (tertiary/aromatic N) is 2. The zero-order valence-electron chi connectivity index (χ0n) is 17.8. The molecule has 0 spiro atoms. The van der Waals surface area contributed by atoms with E-state index in [1.807, 2.05) is 19.1 Å². The largest absolute Gasteiger partial charge is 0.324 e. The molecule has 0 aliphatic carbocycles. The van der Waals surface area contributed by atoms with Crippen LogP contribution in [0.5, 0.6) is 0 Å². The van der Waals surface area contributed by atoms with Crippen LogP contribution in [-0.2, 0) is 11.3 Å². The summed E-state index contributed by atoms with van der Waals surface area (Å²) in [6, 6.07) is 18.9. The number of aromatic nitrogens is 2. The smallest absolute Gasteiger partial charge is 0.261 e. The van der Waals surface area contributed by atoms with E-state index in [9.17, 15) is 14.4 Å². The Morgan fingerprint density at radius 1 is 0.939 bits per heavy atom. The molecule has 0 radical (unpaired) electrons. The number of benzene rings is 3. The van der Waals surface area contributed by atoms with Crippen LogP contribution in [-0.4, -0.2) is 21.4 Å². The second-order valence-corrected chi connectivity index (χ2v) is 7.96. The molecule has 2 N–H and O–H groups in total. The molecule has 166 valence electrons. The monoisotopic (exact) mass is 460 g/mol. The third kappa shape index (κ3) is 5.10. The highest BCUT2D eigenvalue weighted by Crippen LogP contribution is 2.22. The van der Waals surface area contributed by atoms with E-state index in [-0.39, 0.29) is 30.3 Å². The molecule has 0 atom stereocenters. The highest BCUT2D eigenvalue weighted by molar-refractivity contribution is 6.30. The van der Waals surface area contributed by atoms with Crippen LogP contribution in [0, 0.1) is 6.92 Å². The molecule has 2 amide bonds. The Morgan fingerprint density at radius 2 is 1.64 bits per heavy atom. The molecule has 0 saturated heterocycles. The average Bonchev–Trinajstić information content (AvgIpc) is 2.81. The van der Waals surface area contributed by atoms with Gasteiger partial charge >= 0.3 is 0 Å². The zero-order valence-corrected chi connectivity index (χ0v) is 18.6. The lowest BCUT2D eigenvalue weighted by Crippen LogP contribution is -2.24. The first-order valence-electron chi connectivity index (χ1n) is 10.3. The third-order valence-electron chi connectivity index (χ3n) is 5.19. The van der Waals surface area contributed by atoms with Gasteiger partial charge in [0.1, 0.15) is 0 Å². The van der Waals surface area contributed by atoms with E-state index >= 15 is 0 Å². The maximum absolute atomic E-state index is 12.7. The summed E-state index contributed by atoms with van der Waals surface area (Å²) in [6.45, 7) is 2.08. The molecular formula is C25H21ClN4O3. The second-order valence-electron chi connectivity index (χ2n) is 7.52. The van der Waals surface area contributed by atoms with E-state index in [2.05, 4.69) is 15.6 Å². The minimum absolute atomic E-state index is 0.0678. The predicted octanol–water partition coefficient (Wildman–Crippen LogP) is 4.64. The molecule has 1 heterocycles. The van der Waals surface area contributed by atoms with Crippen molar-refractivity contribution in [1.29, 1.82) is 0 Å². The molecule has 0 bridgehead atoms. The number of carbonyl (C=O) groups is 2. The summed E-state index contributed by atoms with van der Waals surface area (Å²) in [7, 11) is 0. The third-order valence-corrected chi connectivity index (χ3v) is 5.44. The molecule has 8 heteroatoms. The standard InChI is InChI=1S/C25H21ClN4O3/c1-16-5-4-6-19-23(16)27-15-30(25(19)33)14-13-22(31)28-20-7-2-3-8-21(20)29-24(32)17-9-11-18(26)12-10-17/h2-12,15H,13-14H2,1H3,(H,28,31)(H,29,32). The fourth-order valence-corrected chi connectivity index (χ4v) is 3.55. The predicted molar refractivity (Wildman–Crippen MR) is 130 cm³/mol. The van der Waals surface area contributed by atoms with Gasteiger partial charge in [-0.3, -0.25) is 19.0 Å². The SMILES string of the molecule is Cc1cccc2c(=O)n(CCC(=O)Nc3ccccc3NC(=O)c3ccc(Cl)cc3)cnc12. The lowest BCUT2D eigenvalue weighted by molar-refractivity contribution is -0.116. The number of hydrogen-bond acceptors (Lipinski definition) is 4. The summed E-state index contributed by atoms with van der Waals surface area (Å²) < 4.78 is 1.43. The molecule has 0 fully saturated rings. The van der Waals surface area contributed by atoms with Crippen molar-refractivity contribution in [2.24, 2.45) is 0 Å². The van der Waals surface area contributed by atoms with Crippen molar-refractivity contribution < 1.29 is 9.59 Å². The number of para-hydroxylation sites is 3. The molecule has 4 rings (SSSR count). The Morgan fingerprint density at radius 3 is 2.36 bits per heavy atom. The van der Waals surface area contributed by atoms with Crippen molar-refractivity contribution >= 4 is 45.7 Å². The Hall–Kier alpha value is -3.97. The summed E-state index contributed by atoms with van der Waals surface area (Å²) in [5, 5.41) is 6.66. The van der Waals surface area contributed by atoms with Gasteiger partial charge < -0.3 is 10.6 Å². The maximum Gasteiger partial charge on any atom is 0.261 e. The number of rotatable bonds is 6. The van der Waals surface area contributed by atoms with Crippen molar-refractivity contribution in [3.63, 3.8) is 0 Å². The lowest BCUT2D eigenvalue weighted by atomic mass is 10.1. The van der Waals surface area contributed by atoms with Crippen LogP contribution in [0.1, 0.15) is 22.3 Å². The quantitative estimate of drug-likeness (QED) is 0.438. The summed E-state index contributed by atoms with van der Waals surface area (Å²) in [5.41, 5.74) is 2.77. The van der Waals surface area contributed by atoms with E-state index in [4.69, 9.17) is 11.6 Å². The highest BCUT2D eigenvalue weighted by atomic mass is 35.5. The molecule has 33 heavy (non-hydrogen) atoms. The van der Waals surface area contributed by atoms with Crippen LogP contribution in [0.4, 0.5) is 11.4 Å². The summed E-state index contributed by atoms with van der Waals surface area (Å²) >= 11 is 5.87. The van der Waals surface area contributed by atoms with Crippen molar-refractivity contribution in [1.82, 2.24) is 9.55 Å². The lowest BCUT2D eigenvalue weighted by Gasteiger charge is -2.13. The summed E-state index contributed by atoms with van der Waals surface area (Å²) in [5.74, 6) is -0.614. The van der Waals surface area contributed by atoms with Crippen LogP contribution in [0.2, 0.25) is 5.02 Å². The summed E-state index contributed by atoms with van der Waals surface area (Å²) in [4.78, 5) is 42.2. The van der Waals surface area contributed by atoms with Crippen molar-refractivity contribution in [2.75, 3.05) is 10.6 Å². The average molecular weight is 461 g/mol. The normalized spacial score (nSPS) is 10.7. The topological polar surface area (TPSA) is 93.1 Å². The fourth-order valence-electron chi connectivity index (χ4n) is 3.43. The van der Waals surface area contributed by atoms with Gasteiger partial charge in [-0.1, -0.05) is 35.9 Å². The molecular weight excluding hydrogens is 440 g/mol. The molecule has 0 aliphatic rings. The second kappa shape index (κ2) is 9.67. The van der Waals surface area contributed by atoms with Crippen LogP contribution in [0.15, 0.2) is 77.9 Å². The van der Waals surface area contributed by atoms with Crippen molar-refractivity contribution in [3.05, 3.63) is 99.6 Å². The van der Waals surface area contributed by atoms with Gasteiger partial charge in [0.25, 0.3) is 11.5 Å². The van der Waals surface area contributed by atoms with E-state index < -0.39 is 0 Å². The van der Waals surface area contributed by atoms with Crippen molar-refractivity contribution in [2.45, 2.75) is 19.9 Å². The molecule has 7 nitrogen and oxygen atoms in total. The first-order valence-corrected chi connectivity index (χ1v) is 10.7. The van der Waals surface area contributed by atoms with Crippen LogP contribution in [0.25, 0.3) is 10.9 Å². The Labute approximate surface area is 195 Å². The minimum Gasteiger partial charge on any atom is -0.324 e. The molecule has 0 saturated carbocycles. The molecule has 0 unspecified atom stereocenters. The fraction of sp³-hybridized carbons (Fsp3) is 0.120. The molecule has 1 aromatic heterocycles. The van der Waals surface area contributed by atoms with Gasteiger partial charge in [0.2, 0.25) is 5.91 Å². The molecule has 4 aromatic rings.